The van der Waals surface area contributed by atoms with E-state index in [1.165, 1.54) is 12.0 Å². The van der Waals surface area contributed by atoms with Crippen LogP contribution in [0.2, 0.25) is 0 Å². The summed E-state index contributed by atoms with van der Waals surface area (Å²) in [7, 11) is 0. The summed E-state index contributed by atoms with van der Waals surface area (Å²) < 4.78 is 5.28. The first kappa shape index (κ1) is 18.0. The molecule has 0 aliphatic carbocycles. The fraction of sp³-hybridized carbons (Fsp3) is 0.478. The Labute approximate surface area is 175 Å². The number of nitrogens with zero attached hydrogens (tertiary/aromatic N) is 3. The molecule has 0 radical (unpaired) electrons. The summed E-state index contributed by atoms with van der Waals surface area (Å²) >= 11 is 0. The fourth-order valence-corrected chi connectivity index (χ4v) is 5.09. The molecule has 1 aromatic carbocycles. The standard InChI is InChI=1S/C23H26N4O3/c28-22-18-7-6-16(12-20(18)27(22)17-13-30-14-17)26-10-4-5-15-11-19(24-21(15)26)23(29)25-8-2-1-3-9-25/h6-7,11-12,17,24H,1-5,8-10,13-14H2. The van der Waals surface area contributed by atoms with Crippen LogP contribution in [0.3, 0.4) is 0 Å². The van der Waals surface area contributed by atoms with E-state index in [-0.39, 0.29) is 17.9 Å². The summed E-state index contributed by atoms with van der Waals surface area (Å²) in [6, 6.07) is 8.27. The minimum atomic E-state index is 0.0958. The van der Waals surface area contributed by atoms with Crippen molar-refractivity contribution in [3.63, 3.8) is 0 Å². The highest BCUT2D eigenvalue weighted by atomic mass is 16.5. The highest BCUT2D eigenvalue weighted by Gasteiger charge is 2.41. The quantitative estimate of drug-likeness (QED) is 0.851. The smallest absolute Gasteiger partial charge is 0.270 e. The largest absolute Gasteiger partial charge is 0.377 e. The maximum absolute atomic E-state index is 13.0. The third-order valence-corrected chi connectivity index (χ3v) is 6.83. The van der Waals surface area contributed by atoms with E-state index in [0.29, 0.717) is 18.9 Å². The predicted molar refractivity (Wildman–Crippen MR) is 114 cm³/mol. The molecule has 2 amide bonds. The molecule has 6 rings (SSSR count). The van der Waals surface area contributed by atoms with Gasteiger partial charge in [0.2, 0.25) is 0 Å². The van der Waals surface area contributed by atoms with E-state index in [2.05, 4.69) is 16.0 Å². The minimum Gasteiger partial charge on any atom is -0.377 e. The van der Waals surface area contributed by atoms with Crippen molar-refractivity contribution in [1.82, 2.24) is 9.88 Å². The lowest BCUT2D eigenvalue weighted by atomic mass is 9.97. The topological polar surface area (TPSA) is 68.9 Å². The number of carbonyl (C=O) groups excluding carboxylic acids is 2. The molecular formula is C23H26N4O3. The molecule has 7 nitrogen and oxygen atoms in total. The number of amides is 2. The predicted octanol–water partition coefficient (Wildman–Crippen LogP) is 3.08. The second kappa shape index (κ2) is 6.87. The van der Waals surface area contributed by atoms with Crippen molar-refractivity contribution >= 4 is 29.0 Å². The van der Waals surface area contributed by atoms with Gasteiger partial charge in [-0.25, -0.2) is 0 Å². The van der Waals surface area contributed by atoms with Gasteiger partial charge in [-0.05, 0) is 61.9 Å². The van der Waals surface area contributed by atoms with Crippen molar-refractivity contribution in [3.05, 3.63) is 41.1 Å². The molecule has 5 heterocycles. The molecule has 0 bridgehead atoms. The number of nitrogens with one attached hydrogen (secondary N) is 1. The van der Waals surface area contributed by atoms with E-state index in [4.69, 9.17) is 4.74 Å². The summed E-state index contributed by atoms with van der Waals surface area (Å²) in [4.78, 5) is 34.9. The van der Waals surface area contributed by atoms with Crippen LogP contribution in [0.5, 0.6) is 0 Å². The van der Waals surface area contributed by atoms with E-state index in [1.807, 2.05) is 28.0 Å². The van der Waals surface area contributed by atoms with E-state index in [1.54, 1.807) is 0 Å². The normalized spacial score (nSPS) is 21.1. The summed E-state index contributed by atoms with van der Waals surface area (Å²) in [5.41, 5.74) is 4.74. The third-order valence-electron chi connectivity index (χ3n) is 6.83. The van der Waals surface area contributed by atoms with Gasteiger partial charge < -0.3 is 19.5 Å². The van der Waals surface area contributed by atoms with Crippen LogP contribution in [0.4, 0.5) is 17.2 Å². The van der Waals surface area contributed by atoms with E-state index < -0.39 is 0 Å². The van der Waals surface area contributed by atoms with E-state index >= 15 is 0 Å². The van der Waals surface area contributed by atoms with Gasteiger partial charge in [-0.1, -0.05) is 0 Å². The number of aromatic nitrogens is 1. The summed E-state index contributed by atoms with van der Waals surface area (Å²) in [5.74, 6) is 1.23. The molecule has 0 spiro atoms. The second-order valence-corrected chi connectivity index (χ2v) is 8.73. The van der Waals surface area contributed by atoms with Crippen LogP contribution in [0.15, 0.2) is 24.3 Å². The number of anilines is 3. The minimum absolute atomic E-state index is 0.0958. The zero-order valence-electron chi connectivity index (χ0n) is 17.0. The number of benzene rings is 1. The number of aromatic amines is 1. The van der Waals surface area contributed by atoms with Crippen molar-refractivity contribution in [2.24, 2.45) is 0 Å². The summed E-state index contributed by atoms with van der Waals surface area (Å²) in [5, 5.41) is 0. The Morgan fingerprint density at radius 1 is 1.03 bits per heavy atom. The van der Waals surface area contributed by atoms with Crippen LogP contribution in [-0.4, -0.2) is 60.6 Å². The van der Waals surface area contributed by atoms with Gasteiger partial charge in [0.1, 0.15) is 11.5 Å². The van der Waals surface area contributed by atoms with Crippen LogP contribution < -0.4 is 9.80 Å². The zero-order valence-corrected chi connectivity index (χ0v) is 17.0. The number of rotatable bonds is 3. The fourth-order valence-electron chi connectivity index (χ4n) is 5.09. The molecule has 1 N–H and O–H groups in total. The van der Waals surface area contributed by atoms with Gasteiger partial charge in [0.05, 0.1) is 30.5 Å². The Hall–Kier alpha value is -2.80. The number of fused-ring (bicyclic) bond motifs is 2. The molecule has 2 aromatic rings. The maximum atomic E-state index is 13.0. The Morgan fingerprint density at radius 2 is 1.87 bits per heavy atom. The van der Waals surface area contributed by atoms with Crippen LogP contribution in [-0.2, 0) is 11.2 Å². The lowest BCUT2D eigenvalue weighted by Crippen LogP contribution is -2.56. The number of ether oxygens (including phenoxy) is 1. The average molecular weight is 406 g/mol. The lowest BCUT2D eigenvalue weighted by Gasteiger charge is -2.44. The molecule has 4 aliphatic rings. The van der Waals surface area contributed by atoms with E-state index in [0.717, 1.165) is 68.1 Å². The maximum Gasteiger partial charge on any atom is 0.270 e. The highest BCUT2D eigenvalue weighted by molar-refractivity contribution is 6.20. The van der Waals surface area contributed by atoms with Crippen molar-refractivity contribution in [1.29, 1.82) is 0 Å². The molecule has 0 unspecified atom stereocenters. The van der Waals surface area contributed by atoms with Gasteiger partial charge >= 0.3 is 0 Å². The first-order valence-corrected chi connectivity index (χ1v) is 11.0. The second-order valence-electron chi connectivity index (χ2n) is 8.73. The molecule has 4 aliphatic heterocycles. The molecule has 156 valence electrons. The number of hydrogen-bond donors (Lipinski definition) is 1. The van der Waals surface area contributed by atoms with Gasteiger partial charge in [-0.15, -0.1) is 0 Å². The SMILES string of the molecule is O=C(c1cc2c([nH]1)N(c1ccc3c(c1)N(C1COC1)C3=O)CCC2)N1CCCCC1. The number of aryl methyl sites for hydroxylation is 1. The van der Waals surface area contributed by atoms with Crippen molar-refractivity contribution < 1.29 is 14.3 Å². The third kappa shape index (κ3) is 2.68. The first-order chi connectivity index (χ1) is 14.7. The molecule has 2 fully saturated rings. The Balaban J connectivity index is 1.30. The molecule has 1 aromatic heterocycles. The summed E-state index contributed by atoms with van der Waals surface area (Å²) in [6.07, 6.45) is 5.41. The number of piperidine rings is 1. The molecule has 0 atom stereocenters. The molecule has 30 heavy (non-hydrogen) atoms. The molecule has 0 saturated carbocycles. The van der Waals surface area contributed by atoms with Crippen molar-refractivity contribution in [3.8, 4) is 0 Å². The highest BCUT2D eigenvalue weighted by Crippen LogP contribution is 2.41. The Bertz CT molecular complexity index is 1020. The molecule has 7 heteroatoms. The molecular weight excluding hydrogens is 380 g/mol. The number of carbonyl (C=O) groups is 2. The summed E-state index contributed by atoms with van der Waals surface area (Å²) in [6.45, 7) is 3.82. The van der Waals surface area contributed by atoms with Crippen LogP contribution in [0, 0.1) is 0 Å². The van der Waals surface area contributed by atoms with Crippen molar-refractivity contribution in [2.45, 2.75) is 38.1 Å². The number of hydrogen-bond acceptors (Lipinski definition) is 4. The Kier molecular flexibility index (Phi) is 4.13. The van der Waals surface area contributed by atoms with Crippen LogP contribution >= 0.6 is 0 Å². The Morgan fingerprint density at radius 3 is 2.63 bits per heavy atom. The van der Waals surface area contributed by atoms with E-state index in [9.17, 15) is 9.59 Å². The lowest BCUT2D eigenvalue weighted by molar-refractivity contribution is 0.00677. The monoisotopic (exact) mass is 406 g/mol. The average Bonchev–Trinajstić information content (AvgIpc) is 3.20. The van der Waals surface area contributed by atoms with Crippen LogP contribution in [0.25, 0.3) is 0 Å². The van der Waals surface area contributed by atoms with Gasteiger partial charge in [0.15, 0.2) is 0 Å². The van der Waals surface area contributed by atoms with Gasteiger partial charge in [0.25, 0.3) is 11.8 Å². The van der Waals surface area contributed by atoms with Gasteiger partial charge in [-0.2, -0.15) is 0 Å². The molecule has 2 saturated heterocycles. The van der Waals surface area contributed by atoms with Crippen molar-refractivity contribution in [2.75, 3.05) is 42.6 Å². The number of H-pyrrole nitrogens is 1. The zero-order chi connectivity index (χ0) is 20.2. The van der Waals surface area contributed by atoms with Gasteiger partial charge in [0, 0.05) is 25.3 Å². The number of likely N-dealkylation sites (tertiary alicyclic amines) is 1. The van der Waals surface area contributed by atoms with Crippen LogP contribution in [0.1, 0.15) is 52.1 Å². The first-order valence-electron chi connectivity index (χ1n) is 11.0. The van der Waals surface area contributed by atoms with Gasteiger partial charge in [-0.3, -0.25) is 14.5 Å².